The van der Waals surface area contributed by atoms with Crippen LogP contribution in [0.3, 0.4) is 0 Å². The van der Waals surface area contributed by atoms with E-state index in [1.54, 1.807) is 12.1 Å². The maximum absolute atomic E-state index is 12.8. The first-order chi connectivity index (χ1) is 15.6. The fourth-order valence-electron chi connectivity index (χ4n) is 3.59. The molecule has 0 radical (unpaired) electrons. The molecule has 0 aliphatic carbocycles. The normalized spacial score (nSPS) is 13.7. The van der Waals surface area contributed by atoms with Crippen molar-refractivity contribution in [1.82, 2.24) is 9.55 Å². The van der Waals surface area contributed by atoms with Crippen LogP contribution >= 0.6 is 0 Å². The van der Waals surface area contributed by atoms with Gasteiger partial charge in [0.05, 0.1) is 17.0 Å². The molecule has 0 fully saturated rings. The van der Waals surface area contributed by atoms with Gasteiger partial charge in [-0.1, -0.05) is 24.3 Å². The van der Waals surface area contributed by atoms with Crippen molar-refractivity contribution in [1.29, 1.82) is 0 Å². The summed E-state index contributed by atoms with van der Waals surface area (Å²) in [5, 5.41) is 20.7. The van der Waals surface area contributed by atoms with Gasteiger partial charge in [-0.15, -0.1) is 0 Å². The molecule has 0 saturated heterocycles. The van der Waals surface area contributed by atoms with Gasteiger partial charge >= 0.3 is 6.18 Å². The Morgan fingerprint density at radius 1 is 1.03 bits per heavy atom. The summed E-state index contributed by atoms with van der Waals surface area (Å²) in [5.74, 6) is -1.05. The fourth-order valence-corrected chi connectivity index (χ4v) is 3.59. The summed E-state index contributed by atoms with van der Waals surface area (Å²) in [6.07, 6.45) is -5.83. The summed E-state index contributed by atoms with van der Waals surface area (Å²) in [5.41, 5.74) is 7.37. The number of carbonyl (C=O) groups excluding carboxylic acids is 1. The minimum atomic E-state index is -4.37. The summed E-state index contributed by atoms with van der Waals surface area (Å²) in [4.78, 5) is 15.5. The lowest BCUT2D eigenvalue weighted by molar-refractivity contribution is -0.137. The van der Waals surface area contributed by atoms with Gasteiger partial charge in [0.2, 0.25) is 5.91 Å². The van der Waals surface area contributed by atoms with Crippen LogP contribution in [0.1, 0.15) is 22.9 Å². The predicted molar refractivity (Wildman–Crippen MR) is 116 cm³/mol. The van der Waals surface area contributed by atoms with Crippen LogP contribution in [0.15, 0.2) is 72.9 Å². The van der Waals surface area contributed by atoms with Crippen molar-refractivity contribution in [3.63, 3.8) is 0 Å². The number of aliphatic hydroxyl groups excluding tert-OH is 2. The highest BCUT2D eigenvalue weighted by Gasteiger charge is 2.30. The number of alkyl halides is 3. The van der Waals surface area contributed by atoms with Crippen LogP contribution in [0.25, 0.3) is 22.2 Å². The zero-order valence-electron chi connectivity index (χ0n) is 17.2. The van der Waals surface area contributed by atoms with E-state index in [1.807, 2.05) is 35.0 Å². The van der Waals surface area contributed by atoms with Crippen molar-refractivity contribution < 1.29 is 28.2 Å². The number of pyridine rings is 1. The topological polar surface area (TPSA) is 101 Å². The van der Waals surface area contributed by atoms with Crippen LogP contribution in [-0.2, 0) is 17.5 Å². The Morgan fingerprint density at radius 3 is 2.42 bits per heavy atom. The van der Waals surface area contributed by atoms with Gasteiger partial charge in [-0.2, -0.15) is 13.2 Å². The first kappa shape index (κ1) is 22.5. The molecular weight excluding hydrogens is 435 g/mol. The number of hydrogen-bond donors (Lipinski definition) is 3. The first-order valence-electron chi connectivity index (χ1n) is 10.0. The van der Waals surface area contributed by atoms with E-state index in [0.29, 0.717) is 12.2 Å². The lowest BCUT2D eigenvalue weighted by Crippen LogP contribution is -2.34. The quantitative estimate of drug-likeness (QED) is 0.413. The van der Waals surface area contributed by atoms with E-state index in [-0.39, 0.29) is 5.69 Å². The summed E-state index contributed by atoms with van der Waals surface area (Å²) in [7, 11) is 0. The Kier molecular flexibility index (Phi) is 5.92. The molecule has 0 aliphatic rings. The molecule has 0 bridgehead atoms. The minimum absolute atomic E-state index is 0.110. The molecule has 2 aromatic carbocycles. The average Bonchev–Trinajstić information content (AvgIpc) is 3.19. The molecule has 1 amide bonds. The first-order valence-corrected chi connectivity index (χ1v) is 10.0. The number of halogens is 3. The van der Waals surface area contributed by atoms with E-state index >= 15 is 0 Å². The Bertz CT molecular complexity index is 1300. The van der Waals surface area contributed by atoms with Crippen molar-refractivity contribution in [2.45, 2.75) is 24.9 Å². The molecule has 4 aromatic rings. The molecule has 4 N–H and O–H groups in total. The molecule has 33 heavy (non-hydrogen) atoms. The van der Waals surface area contributed by atoms with Gasteiger partial charge in [0, 0.05) is 29.2 Å². The van der Waals surface area contributed by atoms with Gasteiger partial charge in [-0.05, 0) is 48.0 Å². The molecule has 4 rings (SSSR count). The maximum atomic E-state index is 12.8. The number of amides is 1. The van der Waals surface area contributed by atoms with Gasteiger partial charge in [0.15, 0.2) is 6.10 Å². The smallest absolute Gasteiger partial charge is 0.384 e. The molecule has 2 heterocycles. The van der Waals surface area contributed by atoms with E-state index in [2.05, 4.69) is 4.98 Å². The van der Waals surface area contributed by atoms with Crippen molar-refractivity contribution in [2.75, 3.05) is 0 Å². The molecule has 0 saturated carbocycles. The molecule has 2 atom stereocenters. The number of carbonyl (C=O) groups is 1. The zero-order valence-corrected chi connectivity index (χ0v) is 17.2. The van der Waals surface area contributed by atoms with E-state index in [9.17, 15) is 28.2 Å². The van der Waals surface area contributed by atoms with Crippen LogP contribution in [0.2, 0.25) is 0 Å². The lowest BCUT2D eigenvalue weighted by atomic mass is 10.1. The van der Waals surface area contributed by atoms with E-state index in [1.165, 1.54) is 18.2 Å². The molecule has 6 nitrogen and oxygen atoms in total. The summed E-state index contributed by atoms with van der Waals surface area (Å²) < 4.78 is 40.2. The number of aliphatic hydroxyl groups is 2. The summed E-state index contributed by atoms with van der Waals surface area (Å²) in [6, 6.07) is 17.4. The highest BCUT2D eigenvalue weighted by molar-refractivity contribution is 5.85. The van der Waals surface area contributed by atoms with Crippen molar-refractivity contribution >= 4 is 16.8 Å². The van der Waals surface area contributed by atoms with Crippen LogP contribution in [-0.4, -0.2) is 31.8 Å². The molecule has 2 aromatic heterocycles. The second-order valence-electron chi connectivity index (χ2n) is 7.65. The van der Waals surface area contributed by atoms with Crippen LogP contribution < -0.4 is 5.73 Å². The Morgan fingerprint density at radius 2 is 1.76 bits per heavy atom. The van der Waals surface area contributed by atoms with Crippen LogP contribution in [0.5, 0.6) is 0 Å². The number of nitrogens with zero attached hydrogens (tertiary/aromatic N) is 2. The predicted octanol–water partition coefficient (Wildman–Crippen LogP) is 3.65. The summed E-state index contributed by atoms with van der Waals surface area (Å²) in [6.45, 7) is 0.409. The molecule has 0 aliphatic heterocycles. The molecule has 9 heteroatoms. The van der Waals surface area contributed by atoms with Crippen molar-refractivity contribution in [3.05, 3.63) is 89.7 Å². The van der Waals surface area contributed by atoms with Gasteiger partial charge in [-0.3, -0.25) is 4.79 Å². The fraction of sp³-hybridized carbons (Fsp3) is 0.167. The van der Waals surface area contributed by atoms with E-state index < -0.39 is 29.9 Å². The van der Waals surface area contributed by atoms with Gasteiger partial charge in [0.25, 0.3) is 0 Å². The van der Waals surface area contributed by atoms with Gasteiger partial charge in [-0.25, -0.2) is 4.98 Å². The number of benzene rings is 2. The van der Waals surface area contributed by atoms with Crippen LogP contribution in [0, 0.1) is 0 Å². The Balaban J connectivity index is 1.58. The number of hydrogen-bond acceptors (Lipinski definition) is 4. The van der Waals surface area contributed by atoms with Crippen molar-refractivity contribution in [2.24, 2.45) is 5.73 Å². The maximum Gasteiger partial charge on any atom is 0.416 e. The largest absolute Gasteiger partial charge is 0.416 e. The zero-order chi connectivity index (χ0) is 23.8. The Labute approximate surface area is 186 Å². The number of fused-ring (bicyclic) bond motifs is 1. The third-order valence-corrected chi connectivity index (χ3v) is 5.37. The van der Waals surface area contributed by atoms with E-state index in [0.717, 1.165) is 34.2 Å². The van der Waals surface area contributed by atoms with Gasteiger partial charge in [0.1, 0.15) is 6.10 Å². The monoisotopic (exact) mass is 455 g/mol. The number of rotatable bonds is 6. The second kappa shape index (κ2) is 8.68. The van der Waals surface area contributed by atoms with Crippen LogP contribution in [0.4, 0.5) is 13.2 Å². The average molecular weight is 455 g/mol. The van der Waals surface area contributed by atoms with Crippen molar-refractivity contribution in [3.8, 4) is 11.3 Å². The summed E-state index contributed by atoms with van der Waals surface area (Å²) >= 11 is 0. The van der Waals surface area contributed by atoms with Gasteiger partial charge < -0.3 is 20.5 Å². The molecule has 170 valence electrons. The second-order valence-corrected chi connectivity index (χ2v) is 7.65. The SMILES string of the molecule is NC(=O)C(O)C(O)c1cccc(-c2ccc3c(ccn3Cc3ccc(C(F)(F)F)cc3)c2)n1. The number of aromatic nitrogens is 2. The third-order valence-electron chi connectivity index (χ3n) is 5.37. The minimum Gasteiger partial charge on any atom is -0.384 e. The third kappa shape index (κ3) is 4.74. The lowest BCUT2D eigenvalue weighted by Gasteiger charge is -2.15. The number of primary amides is 1. The highest BCUT2D eigenvalue weighted by Crippen LogP contribution is 2.30. The highest BCUT2D eigenvalue weighted by atomic mass is 19.4. The Hall–Kier alpha value is -3.69. The standard InChI is InChI=1S/C24H20F3N3O3/c25-24(26,27)17-7-4-14(5-8-17)13-30-11-10-16-12-15(6-9-20(16)30)18-2-1-3-19(29-18)21(31)22(32)23(28)33/h1-12,21-22,31-32H,13H2,(H2,28,33). The molecular formula is C24H20F3N3O3. The molecule has 0 spiro atoms. The van der Waals surface area contributed by atoms with E-state index in [4.69, 9.17) is 5.73 Å². The number of nitrogens with two attached hydrogens (primary N) is 1. The molecule has 2 unspecified atom stereocenters.